The monoisotopic (exact) mass is 250 g/mol. The molecule has 0 saturated carbocycles. The summed E-state index contributed by atoms with van der Waals surface area (Å²) in [6.07, 6.45) is -0.159. The fourth-order valence-corrected chi connectivity index (χ4v) is 1.73. The van der Waals surface area contributed by atoms with Crippen LogP contribution in [0.25, 0.3) is 0 Å². The first kappa shape index (κ1) is 12.2. The van der Waals surface area contributed by atoms with Gasteiger partial charge in [-0.15, -0.1) is 0 Å². The normalized spacial score (nSPS) is 15.5. The molecule has 1 N–H and O–H groups in total. The van der Waals surface area contributed by atoms with Gasteiger partial charge in [-0.2, -0.15) is 0 Å². The molecule has 0 bridgehead atoms. The van der Waals surface area contributed by atoms with Gasteiger partial charge in [-0.3, -0.25) is 19.7 Å². The van der Waals surface area contributed by atoms with Crippen molar-refractivity contribution >= 4 is 17.7 Å². The summed E-state index contributed by atoms with van der Waals surface area (Å²) in [6, 6.07) is 5.91. The molecular formula is C12H11FN2O3. The third kappa shape index (κ3) is 2.71. The van der Waals surface area contributed by atoms with Gasteiger partial charge in [-0.05, 0) is 11.6 Å². The molecular weight excluding hydrogens is 239 g/mol. The van der Waals surface area contributed by atoms with Gasteiger partial charge in [-0.25, -0.2) is 4.39 Å². The number of nitrogens with one attached hydrogen (secondary N) is 1. The maximum atomic E-state index is 13.4. The molecule has 2 rings (SSSR count). The van der Waals surface area contributed by atoms with E-state index in [1.54, 1.807) is 6.07 Å². The van der Waals surface area contributed by atoms with Gasteiger partial charge in [-0.1, -0.05) is 18.2 Å². The largest absolute Gasteiger partial charge is 0.324 e. The Balaban J connectivity index is 2.06. The summed E-state index contributed by atoms with van der Waals surface area (Å²) < 4.78 is 13.4. The van der Waals surface area contributed by atoms with Crippen molar-refractivity contribution in [2.45, 2.75) is 6.42 Å². The quantitative estimate of drug-likeness (QED) is 0.742. The zero-order chi connectivity index (χ0) is 13.1. The predicted molar refractivity (Wildman–Crippen MR) is 59.8 cm³/mol. The molecule has 5 nitrogen and oxygen atoms in total. The molecule has 1 aromatic rings. The van der Waals surface area contributed by atoms with Gasteiger partial charge < -0.3 is 4.90 Å². The Bertz CT molecular complexity index is 500. The minimum Gasteiger partial charge on any atom is -0.324 e. The van der Waals surface area contributed by atoms with E-state index in [1.807, 2.05) is 0 Å². The van der Waals surface area contributed by atoms with E-state index in [0.717, 1.165) is 4.90 Å². The molecule has 94 valence electrons. The summed E-state index contributed by atoms with van der Waals surface area (Å²) in [4.78, 5) is 35.2. The summed E-state index contributed by atoms with van der Waals surface area (Å²) in [5.74, 6) is -1.96. The fourth-order valence-electron chi connectivity index (χ4n) is 1.73. The topological polar surface area (TPSA) is 66.5 Å². The van der Waals surface area contributed by atoms with Gasteiger partial charge in [0.2, 0.25) is 17.7 Å². The minimum atomic E-state index is -0.520. The summed E-state index contributed by atoms with van der Waals surface area (Å²) in [5.41, 5.74) is 0.251. The van der Waals surface area contributed by atoms with E-state index in [9.17, 15) is 18.8 Å². The Morgan fingerprint density at radius 2 is 1.83 bits per heavy atom. The van der Waals surface area contributed by atoms with Crippen LogP contribution in [-0.4, -0.2) is 35.7 Å². The van der Waals surface area contributed by atoms with Crippen LogP contribution in [0.5, 0.6) is 0 Å². The van der Waals surface area contributed by atoms with Crippen molar-refractivity contribution in [2.24, 2.45) is 0 Å². The molecule has 0 unspecified atom stereocenters. The number of rotatable bonds is 2. The Kier molecular flexibility index (Phi) is 3.36. The van der Waals surface area contributed by atoms with E-state index >= 15 is 0 Å². The third-order valence-electron chi connectivity index (χ3n) is 2.60. The number of imide groups is 1. The lowest BCUT2D eigenvalue weighted by Gasteiger charge is -2.25. The molecule has 18 heavy (non-hydrogen) atoms. The molecule has 1 aliphatic rings. The first-order chi connectivity index (χ1) is 8.56. The zero-order valence-corrected chi connectivity index (χ0v) is 9.48. The van der Waals surface area contributed by atoms with Gasteiger partial charge in [0.15, 0.2) is 0 Å². The van der Waals surface area contributed by atoms with Crippen molar-refractivity contribution in [2.75, 3.05) is 13.1 Å². The van der Waals surface area contributed by atoms with Crippen LogP contribution in [-0.2, 0) is 20.8 Å². The van der Waals surface area contributed by atoms with Crippen LogP contribution in [0, 0.1) is 5.82 Å². The number of hydrogen-bond donors (Lipinski definition) is 1. The molecule has 1 heterocycles. The summed E-state index contributed by atoms with van der Waals surface area (Å²) in [7, 11) is 0. The van der Waals surface area contributed by atoms with Gasteiger partial charge in [0.1, 0.15) is 18.9 Å². The molecule has 0 spiro atoms. The highest BCUT2D eigenvalue weighted by Gasteiger charge is 2.26. The number of piperazine rings is 1. The maximum Gasteiger partial charge on any atom is 0.246 e. The molecule has 0 radical (unpaired) electrons. The summed E-state index contributed by atoms with van der Waals surface area (Å²) >= 11 is 0. The Hall–Kier alpha value is -2.24. The van der Waals surface area contributed by atoms with Crippen LogP contribution >= 0.6 is 0 Å². The van der Waals surface area contributed by atoms with Crippen molar-refractivity contribution in [3.63, 3.8) is 0 Å². The Labute approximate surface area is 103 Å². The minimum absolute atomic E-state index is 0.159. The smallest absolute Gasteiger partial charge is 0.246 e. The fraction of sp³-hybridized carbons (Fsp3) is 0.250. The van der Waals surface area contributed by atoms with Crippen LogP contribution in [0.15, 0.2) is 24.3 Å². The highest BCUT2D eigenvalue weighted by molar-refractivity contribution is 6.02. The summed E-state index contributed by atoms with van der Waals surface area (Å²) in [5, 5.41) is 2.09. The van der Waals surface area contributed by atoms with Crippen molar-refractivity contribution in [3.05, 3.63) is 35.6 Å². The second-order valence-corrected chi connectivity index (χ2v) is 3.99. The molecule has 0 aromatic heterocycles. The van der Waals surface area contributed by atoms with E-state index in [-0.39, 0.29) is 25.1 Å². The van der Waals surface area contributed by atoms with Crippen LogP contribution in [0.4, 0.5) is 4.39 Å². The molecule has 6 heteroatoms. The third-order valence-corrected chi connectivity index (χ3v) is 2.60. The number of carbonyl (C=O) groups excluding carboxylic acids is 3. The molecule has 0 atom stereocenters. The van der Waals surface area contributed by atoms with E-state index in [0.29, 0.717) is 0 Å². The molecule has 3 amide bonds. The van der Waals surface area contributed by atoms with E-state index in [4.69, 9.17) is 0 Å². The second-order valence-electron chi connectivity index (χ2n) is 3.99. The number of halogens is 1. The zero-order valence-electron chi connectivity index (χ0n) is 9.48. The lowest BCUT2D eigenvalue weighted by Crippen LogP contribution is -2.53. The molecule has 1 saturated heterocycles. The predicted octanol–water partition coefficient (Wildman–Crippen LogP) is -0.147. The van der Waals surface area contributed by atoms with E-state index in [1.165, 1.54) is 18.2 Å². The molecule has 1 fully saturated rings. The highest BCUT2D eigenvalue weighted by atomic mass is 19.1. The Morgan fingerprint density at radius 3 is 2.44 bits per heavy atom. The first-order valence-electron chi connectivity index (χ1n) is 5.40. The van der Waals surface area contributed by atoms with Crippen LogP contribution in [0.1, 0.15) is 5.56 Å². The average molecular weight is 250 g/mol. The Morgan fingerprint density at radius 1 is 1.22 bits per heavy atom. The number of carbonyl (C=O) groups is 3. The summed E-state index contributed by atoms with van der Waals surface area (Å²) in [6.45, 7) is -0.335. The van der Waals surface area contributed by atoms with Crippen LogP contribution in [0.2, 0.25) is 0 Å². The van der Waals surface area contributed by atoms with E-state index < -0.39 is 23.5 Å². The van der Waals surface area contributed by atoms with Crippen LogP contribution < -0.4 is 5.32 Å². The number of amides is 3. The highest BCUT2D eigenvalue weighted by Crippen LogP contribution is 2.09. The molecule has 0 aliphatic carbocycles. The molecule has 1 aromatic carbocycles. The SMILES string of the molecule is O=C1CN(C(=O)Cc2ccccc2F)CC(=O)N1. The first-order valence-corrected chi connectivity index (χ1v) is 5.40. The average Bonchev–Trinajstić information content (AvgIpc) is 2.31. The van der Waals surface area contributed by atoms with Crippen LogP contribution in [0.3, 0.4) is 0 Å². The lowest BCUT2D eigenvalue weighted by atomic mass is 10.1. The number of nitrogens with zero attached hydrogens (tertiary/aromatic N) is 1. The van der Waals surface area contributed by atoms with Crippen molar-refractivity contribution in [3.8, 4) is 0 Å². The second kappa shape index (κ2) is 4.95. The lowest BCUT2D eigenvalue weighted by molar-refractivity contribution is -0.145. The van der Waals surface area contributed by atoms with E-state index in [2.05, 4.69) is 5.32 Å². The van der Waals surface area contributed by atoms with Gasteiger partial charge in [0.25, 0.3) is 0 Å². The number of benzene rings is 1. The maximum absolute atomic E-state index is 13.4. The number of hydrogen-bond acceptors (Lipinski definition) is 3. The standard InChI is InChI=1S/C12H11FN2O3/c13-9-4-2-1-3-8(9)5-12(18)15-6-10(16)14-11(17)7-15/h1-4H,5-7H2,(H,14,16,17). The van der Waals surface area contributed by atoms with Gasteiger partial charge in [0, 0.05) is 0 Å². The van der Waals surface area contributed by atoms with Gasteiger partial charge in [0.05, 0.1) is 6.42 Å². The molecule has 1 aliphatic heterocycles. The van der Waals surface area contributed by atoms with Crippen molar-refractivity contribution in [1.82, 2.24) is 10.2 Å². The van der Waals surface area contributed by atoms with Gasteiger partial charge >= 0.3 is 0 Å². The van der Waals surface area contributed by atoms with Crippen molar-refractivity contribution in [1.29, 1.82) is 0 Å². The van der Waals surface area contributed by atoms with Crippen molar-refractivity contribution < 1.29 is 18.8 Å².